The van der Waals surface area contributed by atoms with Gasteiger partial charge >= 0.3 is 0 Å². The lowest BCUT2D eigenvalue weighted by atomic mass is 9.89. The van der Waals surface area contributed by atoms with E-state index in [4.69, 9.17) is 0 Å². The molecule has 0 spiro atoms. The molecule has 0 aromatic rings. The highest BCUT2D eigenvalue weighted by Gasteiger charge is 2.44. The lowest BCUT2D eigenvalue weighted by molar-refractivity contribution is 0.322. The minimum Gasteiger partial charge on any atom is -0.0654 e. The summed E-state index contributed by atoms with van der Waals surface area (Å²) in [4.78, 5) is 0. The highest BCUT2D eigenvalue weighted by Crippen LogP contribution is 2.51. The molecule has 0 heteroatoms. The molecule has 1 aliphatic carbocycles. The van der Waals surface area contributed by atoms with Crippen LogP contribution in [0.4, 0.5) is 0 Å². The molecule has 0 N–H and O–H groups in total. The zero-order valence-corrected chi connectivity index (χ0v) is 10.0. The maximum atomic E-state index is 2.45. The van der Waals surface area contributed by atoms with E-state index < -0.39 is 0 Å². The Morgan fingerprint density at radius 1 is 1.08 bits per heavy atom. The van der Waals surface area contributed by atoms with Gasteiger partial charge in [-0.15, -0.1) is 0 Å². The summed E-state index contributed by atoms with van der Waals surface area (Å²) >= 11 is 0. The van der Waals surface area contributed by atoms with Gasteiger partial charge in [0.15, 0.2) is 0 Å². The molecule has 13 heavy (non-hydrogen) atoms. The predicted molar refractivity (Wildman–Crippen MR) is 59.7 cm³/mol. The first-order chi connectivity index (χ1) is 6.07. The molecule has 0 heterocycles. The van der Waals surface area contributed by atoms with Crippen molar-refractivity contribution in [1.82, 2.24) is 0 Å². The van der Waals surface area contributed by atoms with Gasteiger partial charge in [0.1, 0.15) is 0 Å². The SMILES string of the molecule is CCCC(C)C1CC1C(C)C(C)C. The molecule has 4 unspecified atom stereocenters. The van der Waals surface area contributed by atoms with Gasteiger partial charge in [0.05, 0.1) is 0 Å². The molecule has 0 aliphatic heterocycles. The van der Waals surface area contributed by atoms with E-state index >= 15 is 0 Å². The molecule has 78 valence electrons. The van der Waals surface area contributed by atoms with Crippen molar-refractivity contribution in [1.29, 1.82) is 0 Å². The Balaban J connectivity index is 2.28. The molecule has 0 amide bonds. The van der Waals surface area contributed by atoms with Crippen LogP contribution in [0.3, 0.4) is 0 Å². The molecule has 1 rings (SSSR count). The summed E-state index contributed by atoms with van der Waals surface area (Å²) in [5.74, 6) is 4.93. The smallest absolute Gasteiger partial charge is 0.0352 e. The minimum absolute atomic E-state index is 0.879. The van der Waals surface area contributed by atoms with Crippen LogP contribution < -0.4 is 0 Å². The van der Waals surface area contributed by atoms with Crippen molar-refractivity contribution >= 4 is 0 Å². The zero-order chi connectivity index (χ0) is 10.0. The number of rotatable bonds is 5. The largest absolute Gasteiger partial charge is 0.0654 e. The molecule has 1 fully saturated rings. The van der Waals surface area contributed by atoms with Crippen LogP contribution in [0.5, 0.6) is 0 Å². The second-order valence-electron chi connectivity index (χ2n) is 5.43. The van der Waals surface area contributed by atoms with Gasteiger partial charge in [-0.2, -0.15) is 0 Å². The van der Waals surface area contributed by atoms with Crippen molar-refractivity contribution in [3.63, 3.8) is 0 Å². The molecule has 0 nitrogen and oxygen atoms in total. The van der Waals surface area contributed by atoms with Crippen LogP contribution in [-0.4, -0.2) is 0 Å². The molecule has 4 atom stereocenters. The fraction of sp³-hybridized carbons (Fsp3) is 1.00. The maximum Gasteiger partial charge on any atom is -0.0352 e. The molecule has 1 saturated carbocycles. The Morgan fingerprint density at radius 2 is 1.69 bits per heavy atom. The monoisotopic (exact) mass is 182 g/mol. The Morgan fingerprint density at radius 3 is 2.15 bits per heavy atom. The van der Waals surface area contributed by atoms with Crippen LogP contribution in [0.1, 0.15) is 53.9 Å². The zero-order valence-electron chi connectivity index (χ0n) is 10.0. The van der Waals surface area contributed by atoms with Crippen LogP contribution >= 0.6 is 0 Å². The molecule has 1 aliphatic rings. The molecular weight excluding hydrogens is 156 g/mol. The van der Waals surface area contributed by atoms with Gasteiger partial charge in [0.2, 0.25) is 0 Å². The summed E-state index contributed by atoms with van der Waals surface area (Å²) in [6.07, 6.45) is 4.31. The summed E-state index contributed by atoms with van der Waals surface area (Å²) in [7, 11) is 0. The maximum absolute atomic E-state index is 2.45. The van der Waals surface area contributed by atoms with Gasteiger partial charge in [0, 0.05) is 0 Å². The molecule has 0 aromatic heterocycles. The first-order valence-corrected chi connectivity index (χ1v) is 6.07. The van der Waals surface area contributed by atoms with Crippen molar-refractivity contribution in [2.24, 2.45) is 29.6 Å². The third-order valence-corrected chi connectivity index (χ3v) is 4.09. The first kappa shape index (κ1) is 11.1. The van der Waals surface area contributed by atoms with Crippen molar-refractivity contribution in [2.45, 2.75) is 53.9 Å². The third-order valence-electron chi connectivity index (χ3n) is 4.09. The molecule has 0 radical (unpaired) electrons. The molecule has 0 bridgehead atoms. The van der Waals surface area contributed by atoms with Gasteiger partial charge in [-0.1, -0.05) is 47.5 Å². The van der Waals surface area contributed by atoms with E-state index in [1.165, 1.54) is 19.3 Å². The van der Waals surface area contributed by atoms with E-state index in [1.54, 1.807) is 0 Å². The molecule has 0 saturated heterocycles. The highest BCUT2D eigenvalue weighted by molar-refractivity contribution is 4.93. The standard InChI is InChI=1S/C13H26/c1-6-7-10(4)12-8-13(12)11(5)9(2)3/h9-13H,6-8H2,1-5H3. The molecule has 0 aromatic carbocycles. The third kappa shape index (κ3) is 2.72. The summed E-state index contributed by atoms with van der Waals surface area (Å²) in [5.41, 5.74) is 0. The van der Waals surface area contributed by atoms with E-state index in [2.05, 4.69) is 34.6 Å². The lowest BCUT2D eigenvalue weighted by Gasteiger charge is -2.17. The number of hydrogen-bond acceptors (Lipinski definition) is 0. The van der Waals surface area contributed by atoms with E-state index in [0.29, 0.717) is 0 Å². The van der Waals surface area contributed by atoms with E-state index in [0.717, 1.165) is 29.6 Å². The fourth-order valence-electron chi connectivity index (χ4n) is 2.66. The average molecular weight is 182 g/mol. The van der Waals surface area contributed by atoms with E-state index in [1.807, 2.05) is 0 Å². The Kier molecular flexibility index (Phi) is 3.82. The van der Waals surface area contributed by atoms with Crippen LogP contribution in [0.15, 0.2) is 0 Å². The van der Waals surface area contributed by atoms with Crippen LogP contribution in [0, 0.1) is 29.6 Å². The summed E-state index contributed by atoms with van der Waals surface area (Å²) in [6.45, 7) is 11.9. The molecular formula is C13H26. The van der Waals surface area contributed by atoms with Crippen molar-refractivity contribution in [3.8, 4) is 0 Å². The van der Waals surface area contributed by atoms with Crippen LogP contribution in [-0.2, 0) is 0 Å². The van der Waals surface area contributed by atoms with Crippen molar-refractivity contribution in [2.75, 3.05) is 0 Å². The fourth-order valence-corrected chi connectivity index (χ4v) is 2.66. The Labute approximate surface area is 84.1 Å². The first-order valence-electron chi connectivity index (χ1n) is 6.07. The minimum atomic E-state index is 0.879. The summed E-state index contributed by atoms with van der Waals surface area (Å²) in [6, 6.07) is 0. The van der Waals surface area contributed by atoms with Crippen molar-refractivity contribution in [3.05, 3.63) is 0 Å². The average Bonchev–Trinajstić information content (AvgIpc) is 2.82. The van der Waals surface area contributed by atoms with Gasteiger partial charge in [-0.3, -0.25) is 0 Å². The number of hydrogen-bond donors (Lipinski definition) is 0. The summed E-state index contributed by atoms with van der Waals surface area (Å²) < 4.78 is 0. The van der Waals surface area contributed by atoms with Gasteiger partial charge < -0.3 is 0 Å². The normalized spacial score (nSPS) is 31.8. The second-order valence-corrected chi connectivity index (χ2v) is 5.43. The lowest BCUT2D eigenvalue weighted by Crippen LogP contribution is -2.10. The topological polar surface area (TPSA) is 0 Å². The second kappa shape index (κ2) is 4.48. The highest BCUT2D eigenvalue weighted by atomic mass is 14.5. The van der Waals surface area contributed by atoms with Crippen molar-refractivity contribution < 1.29 is 0 Å². The van der Waals surface area contributed by atoms with E-state index in [9.17, 15) is 0 Å². The summed E-state index contributed by atoms with van der Waals surface area (Å²) in [5, 5.41) is 0. The predicted octanol–water partition coefficient (Wildman–Crippen LogP) is 4.35. The van der Waals surface area contributed by atoms with Crippen LogP contribution in [0.25, 0.3) is 0 Å². The Hall–Kier alpha value is 0. The van der Waals surface area contributed by atoms with Gasteiger partial charge in [-0.25, -0.2) is 0 Å². The Bertz CT molecular complexity index is 148. The van der Waals surface area contributed by atoms with Gasteiger partial charge in [0.25, 0.3) is 0 Å². The van der Waals surface area contributed by atoms with Gasteiger partial charge in [-0.05, 0) is 36.0 Å². The van der Waals surface area contributed by atoms with E-state index in [-0.39, 0.29) is 0 Å². The van der Waals surface area contributed by atoms with Crippen LogP contribution in [0.2, 0.25) is 0 Å². The quantitative estimate of drug-likeness (QED) is 0.593.